The number of ether oxygens (including phenoxy) is 2. The van der Waals surface area contributed by atoms with Gasteiger partial charge in [-0.2, -0.15) is 10.2 Å². The third kappa shape index (κ3) is 5.94. The Balaban J connectivity index is 1.58. The third-order valence-electron chi connectivity index (χ3n) is 5.58. The Morgan fingerprint density at radius 2 is 2.09 bits per heavy atom. The Bertz CT molecular complexity index is 1090. The number of hydrogen-bond donors (Lipinski definition) is 1. The van der Waals surface area contributed by atoms with Crippen molar-refractivity contribution in [2.75, 3.05) is 13.2 Å². The number of carbonyl (C=O) groups is 1. The smallest absolute Gasteiger partial charge is 0.251 e. The van der Waals surface area contributed by atoms with Gasteiger partial charge in [-0.1, -0.05) is 13.8 Å². The molecule has 1 unspecified atom stereocenters. The van der Waals surface area contributed by atoms with Gasteiger partial charge < -0.3 is 14.8 Å². The molecule has 0 bridgehead atoms. The highest BCUT2D eigenvalue weighted by Crippen LogP contribution is 2.32. The largest absolute Gasteiger partial charge is 0.491 e. The quantitative estimate of drug-likeness (QED) is 0.498. The predicted octanol–water partition coefficient (Wildman–Crippen LogP) is 5.08. The topological polar surface area (TPSA) is 86.2 Å². The molecule has 1 fully saturated rings. The Morgan fingerprint density at radius 1 is 1.24 bits per heavy atom. The van der Waals surface area contributed by atoms with Gasteiger partial charge in [0.05, 0.1) is 23.5 Å². The lowest BCUT2D eigenvalue weighted by Gasteiger charge is -2.16. The fourth-order valence-corrected chi connectivity index (χ4v) is 4.49. The number of amides is 1. The lowest BCUT2D eigenvalue weighted by atomic mass is 10.1. The maximum atomic E-state index is 13.1. The number of benzene rings is 1. The van der Waals surface area contributed by atoms with Crippen molar-refractivity contribution in [3.8, 4) is 16.3 Å². The molecule has 7 nitrogen and oxygen atoms in total. The van der Waals surface area contributed by atoms with Crippen molar-refractivity contribution >= 4 is 17.2 Å². The lowest BCUT2D eigenvalue weighted by Crippen LogP contribution is -2.27. The van der Waals surface area contributed by atoms with Gasteiger partial charge >= 0.3 is 0 Å². The predicted molar refractivity (Wildman–Crippen MR) is 129 cm³/mol. The van der Waals surface area contributed by atoms with E-state index in [0.717, 1.165) is 35.7 Å². The zero-order valence-corrected chi connectivity index (χ0v) is 20.3. The van der Waals surface area contributed by atoms with E-state index >= 15 is 0 Å². The molecular formula is C25H30N4O3S. The number of nitrogens with zero attached hydrogens (tertiary/aromatic N) is 3. The second-order valence-electron chi connectivity index (χ2n) is 8.71. The molecule has 3 aromatic rings. The highest BCUT2D eigenvalue weighted by molar-refractivity contribution is 7.15. The molecule has 0 radical (unpaired) electrons. The summed E-state index contributed by atoms with van der Waals surface area (Å²) in [6, 6.07) is 9.07. The SMILES string of the molecule is Cc1ccc(C(C)NC(=O)c2cc(OC[C@H]3CCCO3)cc(-c3ncc(C(C)C)s3)c2)nn1. The van der Waals surface area contributed by atoms with E-state index in [1.54, 1.807) is 17.4 Å². The molecule has 0 saturated carbocycles. The van der Waals surface area contributed by atoms with Crippen LogP contribution in [0.15, 0.2) is 36.5 Å². The summed E-state index contributed by atoms with van der Waals surface area (Å²) < 4.78 is 11.7. The third-order valence-corrected chi connectivity index (χ3v) is 6.92. The summed E-state index contributed by atoms with van der Waals surface area (Å²) in [4.78, 5) is 18.9. The standard InChI is InChI=1S/C25H30N4O3S/c1-15(2)23-13-26-25(33-23)19-10-18(11-21(12-19)32-14-20-6-5-9-31-20)24(30)27-17(4)22-8-7-16(3)28-29-22/h7-8,10-13,15,17,20H,5-6,9,14H2,1-4H3,(H,27,30)/t17?,20-/m1/s1. The van der Waals surface area contributed by atoms with E-state index in [0.29, 0.717) is 29.5 Å². The van der Waals surface area contributed by atoms with E-state index in [4.69, 9.17) is 9.47 Å². The monoisotopic (exact) mass is 466 g/mol. The summed E-state index contributed by atoms with van der Waals surface area (Å²) in [7, 11) is 0. The van der Waals surface area contributed by atoms with Gasteiger partial charge in [-0.15, -0.1) is 11.3 Å². The molecule has 2 atom stereocenters. The normalized spacial score (nSPS) is 16.7. The van der Waals surface area contributed by atoms with E-state index < -0.39 is 0 Å². The Kier molecular flexibility index (Phi) is 7.35. The zero-order valence-electron chi connectivity index (χ0n) is 19.5. The van der Waals surface area contributed by atoms with Crippen LogP contribution in [0.2, 0.25) is 0 Å². The highest BCUT2D eigenvalue weighted by atomic mass is 32.1. The molecule has 1 aliphatic heterocycles. The van der Waals surface area contributed by atoms with Gasteiger partial charge in [0.25, 0.3) is 5.91 Å². The van der Waals surface area contributed by atoms with Crippen molar-refractivity contribution in [1.82, 2.24) is 20.5 Å². The van der Waals surface area contributed by atoms with Crippen LogP contribution >= 0.6 is 11.3 Å². The molecule has 1 amide bonds. The van der Waals surface area contributed by atoms with Gasteiger partial charge in [0.2, 0.25) is 0 Å². The molecule has 0 aliphatic carbocycles. The molecule has 1 aromatic carbocycles. The van der Waals surface area contributed by atoms with Crippen molar-refractivity contribution in [1.29, 1.82) is 0 Å². The minimum Gasteiger partial charge on any atom is -0.491 e. The second-order valence-corrected chi connectivity index (χ2v) is 9.77. The fraction of sp³-hybridized carbons (Fsp3) is 0.440. The van der Waals surface area contributed by atoms with Crippen LogP contribution in [0.4, 0.5) is 0 Å². The first-order chi connectivity index (χ1) is 15.9. The van der Waals surface area contributed by atoms with Crippen LogP contribution in [0.3, 0.4) is 0 Å². The lowest BCUT2D eigenvalue weighted by molar-refractivity contribution is 0.0679. The van der Waals surface area contributed by atoms with Crippen molar-refractivity contribution < 1.29 is 14.3 Å². The van der Waals surface area contributed by atoms with Crippen molar-refractivity contribution in [3.05, 3.63) is 58.4 Å². The molecule has 0 spiro atoms. The van der Waals surface area contributed by atoms with Gasteiger partial charge in [-0.05, 0) is 62.9 Å². The van der Waals surface area contributed by atoms with Crippen molar-refractivity contribution in [3.63, 3.8) is 0 Å². The van der Waals surface area contributed by atoms with Crippen LogP contribution in [0.5, 0.6) is 5.75 Å². The van der Waals surface area contributed by atoms with Crippen molar-refractivity contribution in [2.24, 2.45) is 0 Å². The summed E-state index contributed by atoms with van der Waals surface area (Å²) in [5.41, 5.74) is 2.93. The molecule has 174 valence electrons. The van der Waals surface area contributed by atoms with E-state index in [9.17, 15) is 4.79 Å². The molecule has 1 saturated heterocycles. The summed E-state index contributed by atoms with van der Waals surface area (Å²) in [5.74, 6) is 0.834. The summed E-state index contributed by atoms with van der Waals surface area (Å²) in [6.45, 7) is 9.31. The van der Waals surface area contributed by atoms with Crippen LogP contribution in [0, 0.1) is 6.92 Å². The van der Waals surface area contributed by atoms with Crippen LogP contribution in [0.1, 0.15) is 72.2 Å². The summed E-state index contributed by atoms with van der Waals surface area (Å²) in [6.07, 6.45) is 4.05. The molecule has 33 heavy (non-hydrogen) atoms. The number of thiazole rings is 1. The van der Waals surface area contributed by atoms with Gasteiger partial charge in [0.1, 0.15) is 17.4 Å². The van der Waals surface area contributed by atoms with Crippen LogP contribution in [-0.2, 0) is 4.74 Å². The minimum absolute atomic E-state index is 0.0958. The van der Waals surface area contributed by atoms with Crippen LogP contribution < -0.4 is 10.1 Å². The number of aryl methyl sites for hydroxylation is 1. The van der Waals surface area contributed by atoms with Gasteiger partial charge in [-0.25, -0.2) is 4.98 Å². The van der Waals surface area contributed by atoms with E-state index in [1.165, 1.54) is 4.88 Å². The molecule has 1 aliphatic rings. The molecule has 3 heterocycles. The first-order valence-electron chi connectivity index (χ1n) is 11.4. The van der Waals surface area contributed by atoms with E-state index in [-0.39, 0.29) is 18.1 Å². The van der Waals surface area contributed by atoms with E-state index in [1.807, 2.05) is 44.3 Å². The number of carbonyl (C=O) groups excluding carboxylic acids is 1. The number of hydrogen-bond acceptors (Lipinski definition) is 7. The van der Waals surface area contributed by atoms with Crippen LogP contribution in [0.25, 0.3) is 10.6 Å². The Hall–Kier alpha value is -2.84. The zero-order chi connectivity index (χ0) is 23.4. The molecular weight excluding hydrogens is 436 g/mol. The maximum Gasteiger partial charge on any atom is 0.251 e. The maximum absolute atomic E-state index is 13.1. The first kappa shape index (κ1) is 23.3. The summed E-state index contributed by atoms with van der Waals surface area (Å²) in [5, 5.41) is 12.2. The molecule has 1 N–H and O–H groups in total. The molecule has 2 aromatic heterocycles. The Labute approximate surface area is 198 Å². The first-order valence-corrected chi connectivity index (χ1v) is 12.2. The second kappa shape index (κ2) is 10.4. The Morgan fingerprint density at radius 3 is 2.76 bits per heavy atom. The van der Waals surface area contributed by atoms with E-state index in [2.05, 4.69) is 34.3 Å². The van der Waals surface area contributed by atoms with Gasteiger partial charge in [-0.3, -0.25) is 4.79 Å². The fourth-order valence-electron chi connectivity index (χ4n) is 3.58. The highest BCUT2D eigenvalue weighted by Gasteiger charge is 2.19. The molecule has 4 rings (SSSR count). The number of nitrogens with one attached hydrogen (secondary N) is 1. The summed E-state index contributed by atoms with van der Waals surface area (Å²) >= 11 is 1.64. The number of rotatable bonds is 8. The average Bonchev–Trinajstić information content (AvgIpc) is 3.50. The molecule has 8 heteroatoms. The van der Waals surface area contributed by atoms with Gasteiger partial charge in [0.15, 0.2) is 0 Å². The average molecular weight is 467 g/mol. The van der Waals surface area contributed by atoms with Crippen molar-refractivity contribution in [2.45, 2.75) is 58.6 Å². The van der Waals surface area contributed by atoms with Gasteiger partial charge in [0, 0.05) is 28.8 Å². The number of aromatic nitrogens is 3. The van der Waals surface area contributed by atoms with Crippen LogP contribution in [-0.4, -0.2) is 40.4 Å². The minimum atomic E-state index is -0.280.